The van der Waals surface area contributed by atoms with Crippen LogP contribution in [0.3, 0.4) is 0 Å². The van der Waals surface area contributed by atoms with Crippen molar-refractivity contribution in [3.63, 3.8) is 0 Å². The number of alkyl halides is 3. The maximum Gasteiger partial charge on any atom is 0.405 e. The van der Waals surface area contributed by atoms with Gasteiger partial charge in [0.15, 0.2) is 11.5 Å². The van der Waals surface area contributed by atoms with E-state index in [1.165, 1.54) is 19.1 Å². The van der Waals surface area contributed by atoms with Crippen LogP contribution in [0.1, 0.15) is 30.0 Å². The summed E-state index contributed by atoms with van der Waals surface area (Å²) in [6.45, 7) is 0.473. The van der Waals surface area contributed by atoms with Crippen molar-refractivity contribution < 1.29 is 32.2 Å². The van der Waals surface area contributed by atoms with E-state index >= 15 is 0 Å². The maximum atomic E-state index is 13.0. The molecule has 1 aliphatic heterocycles. The lowest BCUT2D eigenvalue weighted by Crippen LogP contribution is -2.49. The van der Waals surface area contributed by atoms with Crippen LogP contribution in [0.2, 0.25) is 0 Å². The summed E-state index contributed by atoms with van der Waals surface area (Å²) >= 11 is 0. The molecule has 0 saturated carbocycles. The molecule has 1 aliphatic rings. The molecule has 2 unspecified atom stereocenters. The molecule has 0 aromatic heterocycles. The van der Waals surface area contributed by atoms with Crippen molar-refractivity contribution in [2.24, 2.45) is 5.92 Å². The van der Waals surface area contributed by atoms with E-state index in [2.05, 4.69) is 0 Å². The van der Waals surface area contributed by atoms with Crippen LogP contribution in [0.15, 0.2) is 42.5 Å². The van der Waals surface area contributed by atoms with Crippen molar-refractivity contribution in [2.75, 3.05) is 25.7 Å². The predicted octanol–water partition coefficient (Wildman–Crippen LogP) is 4.18. The highest BCUT2D eigenvalue weighted by molar-refractivity contribution is 5.97. The molecule has 1 fully saturated rings. The van der Waals surface area contributed by atoms with E-state index in [0.717, 1.165) is 5.56 Å². The van der Waals surface area contributed by atoms with Gasteiger partial charge in [-0.2, -0.15) is 13.2 Å². The van der Waals surface area contributed by atoms with Crippen LogP contribution >= 0.6 is 0 Å². The number of benzene rings is 2. The summed E-state index contributed by atoms with van der Waals surface area (Å²) < 4.78 is 48.8. The fraction of sp³-hybridized carbons (Fsp3) is 0.391. The molecule has 3 rings (SSSR count). The summed E-state index contributed by atoms with van der Waals surface area (Å²) in [5.74, 6) is -1.01. The predicted molar refractivity (Wildman–Crippen MR) is 113 cm³/mol. The number of rotatable bonds is 6. The van der Waals surface area contributed by atoms with Crippen LogP contribution in [0.25, 0.3) is 0 Å². The molecule has 6 nitrogen and oxygen atoms in total. The van der Waals surface area contributed by atoms with Gasteiger partial charge in [0, 0.05) is 12.1 Å². The van der Waals surface area contributed by atoms with Gasteiger partial charge < -0.3 is 19.7 Å². The number of methoxy groups -OCH3 is 2. The lowest BCUT2D eigenvalue weighted by molar-refractivity contribution is -0.142. The van der Waals surface area contributed by atoms with Gasteiger partial charge >= 0.3 is 6.18 Å². The molecule has 0 radical (unpaired) electrons. The third-order valence-corrected chi connectivity index (χ3v) is 5.46. The van der Waals surface area contributed by atoms with Crippen molar-refractivity contribution in [2.45, 2.75) is 32.0 Å². The third kappa shape index (κ3) is 5.15. The average molecular weight is 450 g/mol. The number of hydrogen-bond acceptors (Lipinski definition) is 4. The van der Waals surface area contributed by atoms with Gasteiger partial charge in [-0.25, -0.2) is 0 Å². The molecule has 2 aromatic rings. The number of carbonyl (C=O) groups is 2. The molecule has 1 heterocycles. The third-order valence-electron chi connectivity index (χ3n) is 5.46. The van der Waals surface area contributed by atoms with Gasteiger partial charge in [-0.15, -0.1) is 0 Å². The molecule has 9 heteroatoms. The molecule has 0 aliphatic carbocycles. The number of halogens is 3. The minimum absolute atomic E-state index is 0.0434. The summed E-state index contributed by atoms with van der Waals surface area (Å²) in [6, 6.07) is 11.4. The number of anilines is 1. The quantitative estimate of drug-likeness (QED) is 0.717. The van der Waals surface area contributed by atoms with Crippen LogP contribution in [-0.2, 0) is 9.59 Å². The highest BCUT2D eigenvalue weighted by Gasteiger charge is 2.42. The fourth-order valence-electron chi connectivity index (χ4n) is 3.91. The Labute approximate surface area is 184 Å². The summed E-state index contributed by atoms with van der Waals surface area (Å²) in [6.07, 6.45) is -4.36. The Morgan fingerprint density at radius 1 is 1.09 bits per heavy atom. The first kappa shape index (κ1) is 23.4. The normalized spacial score (nSPS) is 18.9. The smallest absolute Gasteiger partial charge is 0.405 e. The lowest BCUT2D eigenvalue weighted by atomic mass is 9.83. The molecule has 32 heavy (non-hydrogen) atoms. The first-order valence-electron chi connectivity index (χ1n) is 10.1. The van der Waals surface area contributed by atoms with E-state index in [0.29, 0.717) is 22.7 Å². The van der Waals surface area contributed by atoms with Crippen LogP contribution in [0.5, 0.6) is 11.5 Å². The molecule has 2 aromatic carbocycles. The molecular formula is C23H25F3N2O4. The Bertz CT molecular complexity index is 976. The summed E-state index contributed by atoms with van der Waals surface area (Å²) in [4.78, 5) is 27.3. The SMILES string of the molecule is COc1ccc(C2C(C(=O)NCC(F)(F)F)CCC(=O)N2c2ccc(C)cc2)cc1OC. The highest BCUT2D eigenvalue weighted by Crippen LogP contribution is 2.42. The second-order valence-electron chi connectivity index (χ2n) is 7.64. The van der Waals surface area contributed by atoms with Gasteiger partial charge in [-0.1, -0.05) is 23.8 Å². The Hall–Kier alpha value is -3.23. The zero-order valence-corrected chi connectivity index (χ0v) is 18.0. The number of ether oxygens (including phenoxy) is 2. The number of carbonyl (C=O) groups excluding carboxylic acids is 2. The molecule has 2 amide bonds. The molecule has 2 atom stereocenters. The van der Waals surface area contributed by atoms with Crippen LogP contribution in [0, 0.1) is 12.8 Å². The summed E-state index contributed by atoms with van der Waals surface area (Å²) in [7, 11) is 2.94. The van der Waals surface area contributed by atoms with Gasteiger partial charge in [0.25, 0.3) is 0 Å². The number of nitrogens with one attached hydrogen (secondary N) is 1. The second kappa shape index (κ2) is 9.50. The number of piperidine rings is 1. The van der Waals surface area contributed by atoms with E-state index in [-0.39, 0.29) is 18.7 Å². The van der Waals surface area contributed by atoms with Crippen molar-refractivity contribution in [3.05, 3.63) is 53.6 Å². The van der Waals surface area contributed by atoms with Crippen molar-refractivity contribution in [1.82, 2.24) is 5.32 Å². The first-order valence-corrected chi connectivity index (χ1v) is 10.1. The molecular weight excluding hydrogens is 425 g/mol. The molecule has 1 saturated heterocycles. The average Bonchev–Trinajstić information content (AvgIpc) is 2.77. The Morgan fingerprint density at radius 3 is 2.34 bits per heavy atom. The standard InChI is InChI=1S/C23H25F3N2O4/c1-14-4-7-16(8-5-14)28-20(29)11-9-17(22(30)27-13-23(24,25)26)21(28)15-6-10-18(31-2)19(12-15)32-3/h4-8,10,12,17,21H,9,11,13H2,1-3H3,(H,27,30). The monoisotopic (exact) mass is 450 g/mol. The second-order valence-corrected chi connectivity index (χ2v) is 7.64. The van der Waals surface area contributed by atoms with E-state index in [1.54, 1.807) is 30.3 Å². The molecule has 1 N–H and O–H groups in total. The summed E-state index contributed by atoms with van der Waals surface area (Å²) in [5.41, 5.74) is 2.11. The van der Waals surface area contributed by atoms with Gasteiger partial charge in [-0.3, -0.25) is 9.59 Å². The topological polar surface area (TPSA) is 67.9 Å². The van der Waals surface area contributed by atoms with Crippen molar-refractivity contribution in [3.8, 4) is 11.5 Å². The first-order chi connectivity index (χ1) is 15.1. The Kier molecular flexibility index (Phi) is 6.96. The van der Waals surface area contributed by atoms with Crippen LogP contribution in [-0.4, -0.2) is 38.8 Å². The molecule has 172 valence electrons. The minimum atomic E-state index is -4.53. The van der Waals surface area contributed by atoms with Crippen LogP contribution in [0.4, 0.5) is 18.9 Å². The van der Waals surface area contributed by atoms with E-state index < -0.39 is 30.6 Å². The highest BCUT2D eigenvalue weighted by atomic mass is 19.4. The van der Waals surface area contributed by atoms with Gasteiger partial charge in [-0.05, 0) is 43.2 Å². The van der Waals surface area contributed by atoms with Gasteiger partial charge in [0.2, 0.25) is 11.8 Å². The number of nitrogens with zero attached hydrogens (tertiary/aromatic N) is 1. The number of amides is 2. The lowest BCUT2D eigenvalue weighted by Gasteiger charge is -2.41. The van der Waals surface area contributed by atoms with Gasteiger partial charge in [0.05, 0.1) is 26.2 Å². The fourth-order valence-corrected chi connectivity index (χ4v) is 3.91. The molecule has 0 spiro atoms. The summed E-state index contributed by atoms with van der Waals surface area (Å²) in [5, 5.41) is 1.98. The van der Waals surface area contributed by atoms with E-state index in [4.69, 9.17) is 9.47 Å². The minimum Gasteiger partial charge on any atom is -0.493 e. The van der Waals surface area contributed by atoms with Crippen LogP contribution < -0.4 is 19.7 Å². The zero-order chi connectivity index (χ0) is 23.5. The van der Waals surface area contributed by atoms with Crippen molar-refractivity contribution >= 4 is 17.5 Å². The Morgan fingerprint density at radius 2 is 1.75 bits per heavy atom. The largest absolute Gasteiger partial charge is 0.493 e. The number of aryl methyl sites for hydroxylation is 1. The van der Waals surface area contributed by atoms with E-state index in [1.807, 2.05) is 24.4 Å². The zero-order valence-electron chi connectivity index (χ0n) is 18.0. The maximum absolute atomic E-state index is 13.0. The van der Waals surface area contributed by atoms with E-state index in [9.17, 15) is 22.8 Å². The number of hydrogen-bond donors (Lipinski definition) is 1. The molecule has 0 bridgehead atoms. The van der Waals surface area contributed by atoms with Gasteiger partial charge in [0.1, 0.15) is 6.54 Å². The van der Waals surface area contributed by atoms with Crippen molar-refractivity contribution in [1.29, 1.82) is 0 Å². The Balaban J connectivity index is 2.07.